The predicted molar refractivity (Wildman–Crippen MR) is 85.7 cm³/mol. The van der Waals surface area contributed by atoms with Gasteiger partial charge in [-0.25, -0.2) is 4.39 Å². The van der Waals surface area contributed by atoms with Crippen LogP contribution in [0, 0.1) is 12.7 Å². The zero-order valence-corrected chi connectivity index (χ0v) is 13.8. The lowest BCUT2D eigenvalue weighted by atomic mass is 10.1. The lowest BCUT2D eigenvalue weighted by molar-refractivity contribution is 0.352. The van der Waals surface area contributed by atoms with Gasteiger partial charge in [0.25, 0.3) is 0 Å². The highest BCUT2D eigenvalue weighted by molar-refractivity contribution is 9.10. The SMILES string of the molecule is COc1cc(CNc2ccc(F)c(C)c2)cc(Br)c1OC. The van der Waals surface area contributed by atoms with Gasteiger partial charge in [-0.2, -0.15) is 0 Å². The smallest absolute Gasteiger partial charge is 0.174 e. The molecule has 0 radical (unpaired) electrons. The van der Waals surface area contributed by atoms with E-state index in [0.717, 1.165) is 15.7 Å². The van der Waals surface area contributed by atoms with Gasteiger partial charge in [0, 0.05) is 12.2 Å². The molecule has 112 valence electrons. The Balaban J connectivity index is 2.16. The summed E-state index contributed by atoms with van der Waals surface area (Å²) in [6, 6.07) is 8.84. The summed E-state index contributed by atoms with van der Waals surface area (Å²) < 4.78 is 24.7. The van der Waals surface area contributed by atoms with Crippen LogP contribution in [0.2, 0.25) is 0 Å². The largest absolute Gasteiger partial charge is 0.493 e. The number of nitrogens with one attached hydrogen (secondary N) is 1. The van der Waals surface area contributed by atoms with Crippen LogP contribution in [0.4, 0.5) is 10.1 Å². The minimum atomic E-state index is -0.200. The Hall–Kier alpha value is -1.75. The first-order chi connectivity index (χ1) is 10.0. The van der Waals surface area contributed by atoms with Gasteiger partial charge in [-0.1, -0.05) is 0 Å². The lowest BCUT2D eigenvalue weighted by Crippen LogP contribution is -2.01. The fourth-order valence-electron chi connectivity index (χ4n) is 2.03. The highest BCUT2D eigenvalue weighted by atomic mass is 79.9. The molecule has 2 rings (SSSR count). The number of aryl methyl sites for hydroxylation is 1. The van der Waals surface area contributed by atoms with Crippen molar-refractivity contribution in [1.82, 2.24) is 0 Å². The zero-order chi connectivity index (χ0) is 15.4. The Morgan fingerprint density at radius 1 is 1.14 bits per heavy atom. The van der Waals surface area contributed by atoms with E-state index in [1.165, 1.54) is 6.07 Å². The van der Waals surface area contributed by atoms with E-state index in [2.05, 4.69) is 21.2 Å². The van der Waals surface area contributed by atoms with E-state index in [9.17, 15) is 4.39 Å². The molecule has 0 saturated carbocycles. The van der Waals surface area contributed by atoms with Gasteiger partial charge in [-0.05, 0) is 64.3 Å². The van der Waals surface area contributed by atoms with Crippen LogP contribution in [0.3, 0.4) is 0 Å². The first-order valence-electron chi connectivity index (χ1n) is 6.45. The van der Waals surface area contributed by atoms with E-state index in [1.807, 2.05) is 12.1 Å². The number of methoxy groups -OCH3 is 2. The van der Waals surface area contributed by atoms with Gasteiger partial charge in [-0.3, -0.25) is 0 Å². The lowest BCUT2D eigenvalue weighted by Gasteiger charge is -2.13. The molecule has 0 amide bonds. The van der Waals surface area contributed by atoms with E-state index in [4.69, 9.17) is 9.47 Å². The van der Waals surface area contributed by atoms with Crippen molar-refractivity contribution >= 4 is 21.6 Å². The molecule has 0 saturated heterocycles. The summed E-state index contributed by atoms with van der Waals surface area (Å²) in [7, 11) is 3.20. The zero-order valence-electron chi connectivity index (χ0n) is 12.2. The molecular formula is C16H17BrFNO2. The summed E-state index contributed by atoms with van der Waals surface area (Å²) in [4.78, 5) is 0. The molecule has 0 aliphatic carbocycles. The van der Waals surface area contributed by atoms with Crippen molar-refractivity contribution in [1.29, 1.82) is 0 Å². The van der Waals surface area contributed by atoms with E-state index >= 15 is 0 Å². The molecule has 0 aromatic heterocycles. The standard InChI is InChI=1S/C16H17BrFNO2/c1-10-6-12(4-5-14(10)18)19-9-11-7-13(17)16(21-3)15(8-11)20-2/h4-8,19H,9H2,1-3H3. The Bertz CT molecular complexity index is 646. The van der Waals surface area contributed by atoms with Crippen LogP contribution in [-0.4, -0.2) is 14.2 Å². The highest BCUT2D eigenvalue weighted by Crippen LogP contribution is 2.36. The fourth-order valence-corrected chi connectivity index (χ4v) is 2.68. The average molecular weight is 354 g/mol. The topological polar surface area (TPSA) is 30.5 Å². The molecule has 0 fully saturated rings. The normalized spacial score (nSPS) is 10.3. The molecule has 0 atom stereocenters. The molecule has 5 heteroatoms. The number of benzene rings is 2. The third-order valence-corrected chi connectivity index (χ3v) is 3.74. The maximum atomic E-state index is 13.2. The second-order valence-electron chi connectivity index (χ2n) is 4.63. The molecule has 0 aliphatic heterocycles. The third-order valence-electron chi connectivity index (χ3n) is 3.15. The first kappa shape index (κ1) is 15.6. The maximum absolute atomic E-state index is 13.2. The van der Waals surface area contributed by atoms with Crippen molar-refractivity contribution < 1.29 is 13.9 Å². The molecule has 21 heavy (non-hydrogen) atoms. The Labute approximate surface area is 132 Å². The van der Waals surface area contributed by atoms with Crippen molar-refractivity contribution in [3.63, 3.8) is 0 Å². The van der Waals surface area contributed by atoms with E-state index in [-0.39, 0.29) is 5.82 Å². The van der Waals surface area contributed by atoms with Gasteiger partial charge < -0.3 is 14.8 Å². The highest BCUT2D eigenvalue weighted by Gasteiger charge is 2.10. The van der Waals surface area contributed by atoms with Gasteiger partial charge in [0.05, 0.1) is 18.7 Å². The van der Waals surface area contributed by atoms with Gasteiger partial charge in [0.15, 0.2) is 11.5 Å². The van der Waals surface area contributed by atoms with Crippen molar-refractivity contribution in [3.8, 4) is 11.5 Å². The third kappa shape index (κ3) is 3.67. The van der Waals surface area contributed by atoms with Gasteiger partial charge in [-0.15, -0.1) is 0 Å². The molecule has 0 aliphatic rings. The molecule has 0 bridgehead atoms. The number of hydrogen-bond acceptors (Lipinski definition) is 3. The quantitative estimate of drug-likeness (QED) is 0.856. The Kier molecular flexibility index (Phi) is 5.07. The van der Waals surface area contributed by atoms with E-state index in [0.29, 0.717) is 23.6 Å². The van der Waals surface area contributed by atoms with Crippen LogP contribution in [-0.2, 0) is 6.54 Å². The fraction of sp³-hybridized carbons (Fsp3) is 0.250. The van der Waals surface area contributed by atoms with Crippen molar-refractivity contribution in [3.05, 3.63) is 51.7 Å². The van der Waals surface area contributed by atoms with Gasteiger partial charge >= 0.3 is 0 Å². The number of ether oxygens (including phenoxy) is 2. The minimum absolute atomic E-state index is 0.200. The molecule has 3 nitrogen and oxygen atoms in total. The van der Waals surface area contributed by atoms with Crippen molar-refractivity contribution in [2.24, 2.45) is 0 Å². The monoisotopic (exact) mass is 353 g/mol. The Morgan fingerprint density at radius 3 is 2.52 bits per heavy atom. The van der Waals surface area contributed by atoms with Crippen LogP contribution < -0.4 is 14.8 Å². The van der Waals surface area contributed by atoms with Crippen molar-refractivity contribution in [2.45, 2.75) is 13.5 Å². The molecule has 0 unspecified atom stereocenters. The average Bonchev–Trinajstić information content (AvgIpc) is 2.47. The summed E-state index contributed by atoms with van der Waals surface area (Å²) in [5, 5.41) is 3.26. The summed E-state index contributed by atoms with van der Waals surface area (Å²) >= 11 is 3.46. The molecule has 0 heterocycles. The van der Waals surface area contributed by atoms with Crippen LogP contribution in [0.1, 0.15) is 11.1 Å². The van der Waals surface area contributed by atoms with Crippen LogP contribution in [0.5, 0.6) is 11.5 Å². The molecule has 2 aromatic carbocycles. The van der Waals surface area contributed by atoms with E-state index < -0.39 is 0 Å². The minimum Gasteiger partial charge on any atom is -0.493 e. The Morgan fingerprint density at radius 2 is 1.90 bits per heavy atom. The van der Waals surface area contributed by atoms with Crippen LogP contribution in [0.25, 0.3) is 0 Å². The molecular weight excluding hydrogens is 337 g/mol. The predicted octanol–water partition coefficient (Wildman–Crippen LogP) is 4.53. The number of halogens is 2. The summed E-state index contributed by atoms with van der Waals surface area (Å²) in [5.41, 5.74) is 2.52. The molecule has 2 aromatic rings. The summed E-state index contributed by atoms with van der Waals surface area (Å²) in [5.74, 6) is 1.13. The van der Waals surface area contributed by atoms with Crippen LogP contribution >= 0.6 is 15.9 Å². The van der Waals surface area contributed by atoms with Crippen molar-refractivity contribution in [2.75, 3.05) is 19.5 Å². The number of hydrogen-bond donors (Lipinski definition) is 1. The number of anilines is 1. The number of rotatable bonds is 5. The second-order valence-corrected chi connectivity index (χ2v) is 5.49. The van der Waals surface area contributed by atoms with Gasteiger partial charge in [0.1, 0.15) is 5.82 Å². The summed E-state index contributed by atoms with van der Waals surface area (Å²) in [6.45, 7) is 2.34. The van der Waals surface area contributed by atoms with Crippen LogP contribution in [0.15, 0.2) is 34.8 Å². The van der Waals surface area contributed by atoms with Gasteiger partial charge in [0.2, 0.25) is 0 Å². The second kappa shape index (κ2) is 6.80. The maximum Gasteiger partial charge on any atom is 0.174 e. The molecule has 1 N–H and O–H groups in total. The van der Waals surface area contributed by atoms with E-state index in [1.54, 1.807) is 33.3 Å². The molecule has 0 spiro atoms. The summed E-state index contributed by atoms with van der Waals surface area (Å²) in [6.07, 6.45) is 0. The first-order valence-corrected chi connectivity index (χ1v) is 7.25.